The molecule has 1 N–H and O–H groups in total. The number of unbranched alkanes of at least 4 members (excludes halogenated alkanes) is 3. The summed E-state index contributed by atoms with van der Waals surface area (Å²) in [5.41, 5.74) is 0.808. The van der Waals surface area contributed by atoms with Crippen LogP contribution in [-0.2, 0) is 21.4 Å². The van der Waals surface area contributed by atoms with E-state index < -0.39 is 16.1 Å². The third kappa shape index (κ3) is 7.13. The Kier molecular flexibility index (Phi) is 7.08. The van der Waals surface area contributed by atoms with E-state index >= 15 is 0 Å². The number of carbonyl (C=O) groups excluding carboxylic acids is 1. The Morgan fingerprint density at radius 2 is 1.85 bits per heavy atom. The number of nitrogens with one attached hydrogen (secondary N) is 1. The van der Waals surface area contributed by atoms with Crippen LogP contribution in [0.15, 0.2) is 30.3 Å². The van der Waals surface area contributed by atoms with Gasteiger partial charge >= 0.3 is 6.09 Å². The Morgan fingerprint density at radius 3 is 2.50 bits per heavy atom. The van der Waals surface area contributed by atoms with Crippen molar-refractivity contribution >= 4 is 16.1 Å². The lowest BCUT2D eigenvalue weighted by Crippen LogP contribution is -2.32. The third-order valence-electron chi connectivity index (χ3n) is 2.72. The molecule has 0 aliphatic heterocycles. The zero-order chi connectivity index (χ0) is 14.8. The van der Waals surface area contributed by atoms with Crippen molar-refractivity contribution in [2.24, 2.45) is 0 Å². The number of hydrogen-bond donors (Lipinski definition) is 1. The van der Waals surface area contributed by atoms with E-state index in [4.69, 9.17) is 4.74 Å². The van der Waals surface area contributed by atoms with E-state index in [1.165, 1.54) is 0 Å². The number of hydrogen-bond acceptors (Lipinski definition) is 4. The number of rotatable bonds is 8. The fourth-order valence-corrected chi connectivity index (χ4v) is 2.65. The molecule has 0 aliphatic carbocycles. The summed E-state index contributed by atoms with van der Waals surface area (Å²) in [7, 11) is -3.59. The molecule has 1 aromatic carbocycles. The number of carbonyl (C=O) groups is 1. The highest BCUT2D eigenvalue weighted by Crippen LogP contribution is 2.03. The normalized spacial score (nSPS) is 11.1. The van der Waals surface area contributed by atoms with Crippen LogP contribution in [0.25, 0.3) is 0 Å². The van der Waals surface area contributed by atoms with Gasteiger partial charge in [0.2, 0.25) is 10.0 Å². The highest BCUT2D eigenvalue weighted by atomic mass is 32.2. The number of amides is 1. The Balaban J connectivity index is 2.30. The van der Waals surface area contributed by atoms with Crippen LogP contribution >= 0.6 is 0 Å². The third-order valence-corrected chi connectivity index (χ3v) is 4.02. The van der Waals surface area contributed by atoms with Gasteiger partial charge in [0.05, 0.1) is 5.75 Å². The van der Waals surface area contributed by atoms with Crippen LogP contribution in [0.3, 0.4) is 0 Å². The molecule has 0 saturated heterocycles. The Morgan fingerprint density at radius 1 is 1.15 bits per heavy atom. The zero-order valence-electron chi connectivity index (χ0n) is 11.7. The summed E-state index contributed by atoms with van der Waals surface area (Å²) in [4.78, 5) is 11.4. The first-order valence-corrected chi connectivity index (χ1v) is 8.40. The number of ether oxygens (including phenoxy) is 1. The fraction of sp³-hybridized carbons (Fsp3) is 0.500. The minimum Gasteiger partial charge on any atom is -0.444 e. The standard InChI is InChI=1S/C14H21NO4S/c1-2-3-4-8-11-20(17,18)15-14(16)19-12-13-9-6-5-7-10-13/h5-7,9-10H,2-4,8,11-12H2,1H3,(H,15,16). The second-order valence-corrected chi connectivity index (χ2v) is 6.39. The molecule has 0 radical (unpaired) electrons. The first-order valence-electron chi connectivity index (χ1n) is 6.74. The molecular formula is C14H21NO4S. The largest absolute Gasteiger partial charge is 0.444 e. The molecule has 1 rings (SSSR count). The van der Waals surface area contributed by atoms with Crippen molar-refractivity contribution in [2.45, 2.75) is 39.2 Å². The molecule has 0 fully saturated rings. The summed E-state index contributed by atoms with van der Waals surface area (Å²) >= 11 is 0. The van der Waals surface area contributed by atoms with Gasteiger partial charge in [-0.25, -0.2) is 17.9 Å². The van der Waals surface area contributed by atoms with Crippen molar-refractivity contribution in [3.8, 4) is 0 Å². The van der Waals surface area contributed by atoms with Crippen LogP contribution in [0.2, 0.25) is 0 Å². The molecule has 1 amide bonds. The van der Waals surface area contributed by atoms with Gasteiger partial charge < -0.3 is 4.74 Å². The zero-order valence-corrected chi connectivity index (χ0v) is 12.5. The highest BCUT2D eigenvalue weighted by Gasteiger charge is 2.15. The van der Waals surface area contributed by atoms with Crippen LogP contribution < -0.4 is 4.72 Å². The lowest BCUT2D eigenvalue weighted by Gasteiger charge is -2.08. The van der Waals surface area contributed by atoms with Gasteiger partial charge in [0, 0.05) is 0 Å². The molecule has 112 valence electrons. The maximum atomic E-state index is 11.6. The average Bonchev–Trinajstić information content (AvgIpc) is 2.42. The van der Waals surface area contributed by atoms with Gasteiger partial charge in [-0.3, -0.25) is 0 Å². The average molecular weight is 299 g/mol. The quantitative estimate of drug-likeness (QED) is 0.749. The topological polar surface area (TPSA) is 72.5 Å². The predicted molar refractivity (Wildman–Crippen MR) is 77.7 cm³/mol. The van der Waals surface area contributed by atoms with Crippen molar-refractivity contribution in [2.75, 3.05) is 5.75 Å². The molecule has 1 aromatic rings. The summed E-state index contributed by atoms with van der Waals surface area (Å²) in [5, 5.41) is 0. The highest BCUT2D eigenvalue weighted by molar-refractivity contribution is 7.90. The van der Waals surface area contributed by atoms with Crippen molar-refractivity contribution in [1.82, 2.24) is 4.72 Å². The minimum absolute atomic E-state index is 0.0482. The lowest BCUT2D eigenvalue weighted by molar-refractivity contribution is 0.146. The van der Waals surface area contributed by atoms with E-state index in [1.54, 1.807) is 12.1 Å². The molecule has 0 aromatic heterocycles. The minimum atomic E-state index is -3.59. The Bertz CT molecular complexity index is 499. The molecule has 0 spiro atoms. The van der Waals surface area contributed by atoms with Gasteiger partial charge in [-0.1, -0.05) is 56.5 Å². The van der Waals surface area contributed by atoms with Crippen LogP contribution in [-0.4, -0.2) is 20.3 Å². The van der Waals surface area contributed by atoms with Crippen molar-refractivity contribution in [1.29, 1.82) is 0 Å². The van der Waals surface area contributed by atoms with Gasteiger partial charge in [0.15, 0.2) is 0 Å². The smallest absolute Gasteiger partial charge is 0.421 e. The first kappa shape index (κ1) is 16.5. The maximum Gasteiger partial charge on any atom is 0.421 e. The summed E-state index contributed by atoms with van der Waals surface area (Å²) in [5.74, 6) is -0.0482. The summed E-state index contributed by atoms with van der Waals surface area (Å²) in [6.07, 6.45) is 2.50. The van der Waals surface area contributed by atoms with E-state index in [2.05, 4.69) is 0 Å². The van der Waals surface area contributed by atoms with Gasteiger partial charge in [-0.15, -0.1) is 0 Å². The first-order chi connectivity index (χ1) is 9.53. The second kappa shape index (κ2) is 8.58. The molecule has 0 saturated carbocycles. The molecule has 0 heterocycles. The Hall–Kier alpha value is -1.56. The van der Waals surface area contributed by atoms with Gasteiger partial charge in [0.25, 0.3) is 0 Å². The van der Waals surface area contributed by atoms with Crippen LogP contribution in [0.4, 0.5) is 4.79 Å². The van der Waals surface area contributed by atoms with Crippen molar-refractivity contribution in [3.05, 3.63) is 35.9 Å². The van der Waals surface area contributed by atoms with E-state index in [0.717, 1.165) is 24.8 Å². The summed E-state index contributed by atoms with van der Waals surface area (Å²) < 4.78 is 30.0. The molecule has 0 aliphatic rings. The second-order valence-electron chi connectivity index (χ2n) is 4.54. The van der Waals surface area contributed by atoms with E-state index in [1.807, 2.05) is 29.8 Å². The lowest BCUT2D eigenvalue weighted by atomic mass is 10.2. The molecule has 0 unspecified atom stereocenters. The van der Waals surface area contributed by atoms with Gasteiger partial charge in [-0.05, 0) is 12.0 Å². The van der Waals surface area contributed by atoms with E-state index in [0.29, 0.717) is 6.42 Å². The summed E-state index contributed by atoms with van der Waals surface area (Å²) in [6, 6.07) is 9.09. The SMILES string of the molecule is CCCCCCS(=O)(=O)NC(=O)OCc1ccccc1. The van der Waals surface area contributed by atoms with Gasteiger partial charge in [-0.2, -0.15) is 0 Å². The Labute approximate surface area is 120 Å². The van der Waals surface area contributed by atoms with Gasteiger partial charge in [0.1, 0.15) is 6.61 Å². The monoisotopic (exact) mass is 299 g/mol. The molecule has 0 bridgehead atoms. The van der Waals surface area contributed by atoms with E-state index in [9.17, 15) is 13.2 Å². The van der Waals surface area contributed by atoms with Crippen LogP contribution in [0.5, 0.6) is 0 Å². The predicted octanol–water partition coefficient (Wildman–Crippen LogP) is 2.82. The molecular weight excluding hydrogens is 278 g/mol. The molecule has 0 atom stereocenters. The number of benzene rings is 1. The number of sulfonamides is 1. The molecule has 20 heavy (non-hydrogen) atoms. The van der Waals surface area contributed by atoms with Crippen molar-refractivity contribution < 1.29 is 17.9 Å². The maximum absolute atomic E-state index is 11.6. The van der Waals surface area contributed by atoms with E-state index in [-0.39, 0.29) is 12.4 Å². The van der Waals surface area contributed by atoms with Crippen molar-refractivity contribution in [3.63, 3.8) is 0 Å². The fourth-order valence-electron chi connectivity index (χ4n) is 1.65. The molecule has 5 nitrogen and oxygen atoms in total. The molecule has 6 heteroatoms. The van der Waals surface area contributed by atoms with Crippen LogP contribution in [0, 0.1) is 0 Å². The van der Waals surface area contributed by atoms with Crippen LogP contribution in [0.1, 0.15) is 38.2 Å². The summed E-state index contributed by atoms with van der Waals surface area (Å²) in [6.45, 7) is 2.10.